The third kappa shape index (κ3) is 4.49. The molecule has 0 bridgehead atoms. The number of piperazine rings is 1. The number of fused-ring (bicyclic) bond motifs is 2. The largest absolute Gasteiger partial charge is 0.368 e. The molecule has 4 aliphatic heterocycles. The number of nitrogens with one attached hydrogen (secondary N) is 1. The van der Waals surface area contributed by atoms with Gasteiger partial charge >= 0.3 is 0 Å². The molecule has 4 saturated heterocycles. The maximum Gasteiger partial charge on any atom is 0.251 e. The number of nitrogens with zero attached hydrogens (tertiary/aromatic N) is 3. The van der Waals surface area contributed by atoms with Crippen LogP contribution in [0.1, 0.15) is 44.9 Å². The molecule has 0 spiro atoms. The molecule has 5 rings (SSSR count). The number of amides is 2. The molecule has 5 aliphatic rings. The topological polar surface area (TPSA) is 81.7 Å². The van der Waals surface area contributed by atoms with Gasteiger partial charge in [-0.2, -0.15) is 0 Å². The van der Waals surface area contributed by atoms with Gasteiger partial charge in [0.25, 0.3) is 5.91 Å². The van der Waals surface area contributed by atoms with Gasteiger partial charge in [-0.25, -0.2) is 0 Å². The van der Waals surface area contributed by atoms with Gasteiger partial charge in [-0.05, 0) is 45.6 Å². The summed E-state index contributed by atoms with van der Waals surface area (Å²) in [6.07, 6.45) is 8.47. The van der Waals surface area contributed by atoms with E-state index >= 15 is 0 Å². The van der Waals surface area contributed by atoms with Gasteiger partial charge < -0.3 is 20.3 Å². The molecule has 4 heterocycles. The molecule has 3 N–H and O–H groups in total. The third-order valence-corrected chi connectivity index (χ3v) is 8.59. The highest BCUT2D eigenvalue weighted by molar-refractivity contribution is 5.81. The molecule has 0 aromatic carbocycles. The highest BCUT2D eigenvalue weighted by Gasteiger charge is 2.52. The first-order valence-corrected chi connectivity index (χ1v) is 12.6. The maximum absolute atomic E-state index is 13.1. The monoisotopic (exact) mass is 434 g/mol. The summed E-state index contributed by atoms with van der Waals surface area (Å²) in [6.45, 7) is 5.23. The van der Waals surface area contributed by atoms with Crippen LogP contribution in [0.2, 0.25) is 0 Å². The zero-order valence-electron chi connectivity index (χ0n) is 19.0. The van der Waals surface area contributed by atoms with Gasteiger partial charge in [0, 0.05) is 57.2 Å². The number of nitrogens with two attached hydrogens (primary N) is 1. The summed E-state index contributed by atoms with van der Waals surface area (Å²) >= 11 is 0. The van der Waals surface area contributed by atoms with Gasteiger partial charge in [-0.15, -0.1) is 0 Å². The Kier molecular flexibility index (Phi) is 6.51. The van der Waals surface area contributed by atoms with Crippen LogP contribution >= 0.6 is 0 Å². The Balaban J connectivity index is 1.14. The van der Waals surface area contributed by atoms with Crippen molar-refractivity contribution in [1.29, 1.82) is 0 Å². The van der Waals surface area contributed by atoms with Crippen molar-refractivity contribution in [1.82, 2.24) is 20.0 Å². The standard InChI is InChI=1S/C23H39N5O3/c1-26-9-8-17-21(16-5-2-3-6-18(16)24-22(17)26)25-20(29)15-27-10-12-28(13-11-27)23(30)19-7-4-14-31-19/h16-19,21-22,24H,2-15H2,1H3,(H,25,29)/p+1. The van der Waals surface area contributed by atoms with E-state index in [2.05, 4.69) is 27.5 Å². The number of likely N-dealkylation sites (tertiary alicyclic amines) is 1. The van der Waals surface area contributed by atoms with Gasteiger partial charge in [0.2, 0.25) is 5.91 Å². The van der Waals surface area contributed by atoms with Gasteiger partial charge in [0.15, 0.2) is 0 Å². The number of carbonyl (C=O) groups is 2. The van der Waals surface area contributed by atoms with Crippen molar-refractivity contribution >= 4 is 11.8 Å². The molecular formula is C23H40N5O3+. The molecule has 8 nitrogen and oxygen atoms in total. The lowest BCUT2D eigenvalue weighted by Gasteiger charge is -2.46. The van der Waals surface area contributed by atoms with Crippen LogP contribution in [-0.2, 0) is 14.3 Å². The van der Waals surface area contributed by atoms with Gasteiger partial charge in [-0.3, -0.25) is 19.4 Å². The van der Waals surface area contributed by atoms with Crippen molar-refractivity contribution in [2.24, 2.45) is 11.8 Å². The lowest BCUT2D eigenvalue weighted by atomic mass is 9.71. The van der Waals surface area contributed by atoms with Crippen molar-refractivity contribution < 1.29 is 19.6 Å². The van der Waals surface area contributed by atoms with Crippen LogP contribution in [-0.4, -0.2) is 104 Å². The van der Waals surface area contributed by atoms with Crippen molar-refractivity contribution in [3.63, 3.8) is 0 Å². The average Bonchev–Trinajstić information content (AvgIpc) is 3.44. The van der Waals surface area contributed by atoms with E-state index in [0.29, 0.717) is 56.3 Å². The predicted octanol–water partition coefficient (Wildman–Crippen LogP) is -0.792. The fraction of sp³-hybridized carbons (Fsp3) is 0.913. The first-order valence-electron chi connectivity index (χ1n) is 12.6. The molecule has 0 radical (unpaired) electrons. The number of quaternary nitrogens is 1. The second-order valence-electron chi connectivity index (χ2n) is 10.4. The first-order chi connectivity index (χ1) is 15.1. The highest BCUT2D eigenvalue weighted by atomic mass is 16.5. The minimum atomic E-state index is -0.237. The van der Waals surface area contributed by atoms with E-state index in [9.17, 15) is 9.59 Å². The van der Waals surface area contributed by atoms with Crippen molar-refractivity contribution in [3.05, 3.63) is 0 Å². The average molecular weight is 435 g/mol. The molecule has 6 unspecified atom stereocenters. The minimum absolute atomic E-state index is 0.139. The van der Waals surface area contributed by atoms with Crippen LogP contribution in [0, 0.1) is 11.8 Å². The Labute approximate surface area is 186 Å². The Bertz CT molecular complexity index is 658. The lowest BCUT2D eigenvalue weighted by molar-refractivity contribution is -0.759. The Morgan fingerprint density at radius 2 is 1.77 bits per heavy atom. The molecule has 31 heavy (non-hydrogen) atoms. The summed E-state index contributed by atoms with van der Waals surface area (Å²) in [7, 11) is 2.24. The molecule has 2 amide bonds. The zero-order valence-corrected chi connectivity index (χ0v) is 19.0. The maximum atomic E-state index is 13.1. The second kappa shape index (κ2) is 9.33. The minimum Gasteiger partial charge on any atom is -0.368 e. The molecular weight excluding hydrogens is 394 g/mol. The summed E-state index contributed by atoms with van der Waals surface area (Å²) in [5, 5.41) is 6.13. The summed E-state index contributed by atoms with van der Waals surface area (Å²) in [4.78, 5) is 32.2. The van der Waals surface area contributed by atoms with E-state index < -0.39 is 0 Å². The second-order valence-corrected chi connectivity index (χ2v) is 10.4. The number of rotatable bonds is 4. The van der Waals surface area contributed by atoms with Crippen LogP contribution in [0.15, 0.2) is 0 Å². The number of hydrogen-bond donors (Lipinski definition) is 2. The Hall–Kier alpha value is -1.22. The molecule has 1 aliphatic carbocycles. The van der Waals surface area contributed by atoms with Crippen LogP contribution < -0.4 is 10.6 Å². The van der Waals surface area contributed by atoms with E-state index in [1.54, 1.807) is 0 Å². The van der Waals surface area contributed by atoms with E-state index in [1.807, 2.05) is 4.90 Å². The quantitative estimate of drug-likeness (QED) is 0.606. The molecule has 8 heteroatoms. The smallest absolute Gasteiger partial charge is 0.251 e. The third-order valence-electron chi connectivity index (χ3n) is 8.59. The van der Waals surface area contributed by atoms with Crippen molar-refractivity contribution in [2.75, 3.05) is 52.9 Å². The molecule has 174 valence electrons. The van der Waals surface area contributed by atoms with Crippen LogP contribution in [0.4, 0.5) is 0 Å². The Morgan fingerprint density at radius 1 is 0.968 bits per heavy atom. The van der Waals surface area contributed by atoms with Crippen molar-refractivity contribution in [3.8, 4) is 0 Å². The van der Waals surface area contributed by atoms with E-state index in [0.717, 1.165) is 32.5 Å². The SMILES string of the molecule is CN1CCC2C(NC(=O)CN3CCN(C(=O)C4CCCO4)CC3)C3CCCCC3[NH2+]C21. The number of carbonyl (C=O) groups excluding carboxylic acids is 2. The van der Waals surface area contributed by atoms with Crippen LogP contribution in [0.3, 0.4) is 0 Å². The van der Waals surface area contributed by atoms with Gasteiger partial charge in [0.05, 0.1) is 12.6 Å². The van der Waals surface area contributed by atoms with Crippen LogP contribution in [0.25, 0.3) is 0 Å². The van der Waals surface area contributed by atoms with Crippen LogP contribution in [0.5, 0.6) is 0 Å². The van der Waals surface area contributed by atoms with E-state index in [-0.39, 0.29) is 17.9 Å². The van der Waals surface area contributed by atoms with E-state index in [1.165, 1.54) is 32.1 Å². The summed E-state index contributed by atoms with van der Waals surface area (Å²) < 4.78 is 5.55. The fourth-order valence-corrected chi connectivity index (χ4v) is 6.88. The number of piperidine rings is 1. The molecule has 0 aromatic rings. The summed E-state index contributed by atoms with van der Waals surface area (Å²) in [5.41, 5.74) is 0. The van der Waals surface area contributed by atoms with Gasteiger partial charge in [0.1, 0.15) is 12.3 Å². The highest BCUT2D eigenvalue weighted by Crippen LogP contribution is 2.36. The van der Waals surface area contributed by atoms with Crippen molar-refractivity contribution in [2.45, 2.75) is 69.3 Å². The zero-order chi connectivity index (χ0) is 21.4. The molecule has 0 aromatic heterocycles. The van der Waals surface area contributed by atoms with Gasteiger partial charge in [-0.1, -0.05) is 6.42 Å². The summed E-state index contributed by atoms with van der Waals surface area (Å²) in [5.74, 6) is 1.49. The molecule has 1 saturated carbocycles. The number of hydrogen-bond acceptors (Lipinski definition) is 5. The fourth-order valence-electron chi connectivity index (χ4n) is 6.88. The lowest BCUT2D eigenvalue weighted by Crippen LogP contribution is -3.03. The predicted molar refractivity (Wildman–Crippen MR) is 116 cm³/mol. The molecule has 6 atom stereocenters. The van der Waals surface area contributed by atoms with E-state index in [4.69, 9.17) is 4.74 Å². The Morgan fingerprint density at radius 3 is 2.55 bits per heavy atom. The normalized spacial score (nSPS) is 39.2. The molecule has 5 fully saturated rings. The summed E-state index contributed by atoms with van der Waals surface area (Å²) in [6, 6.07) is 0.980. The number of ether oxygens (including phenoxy) is 1. The first kappa shape index (κ1) is 21.6.